The Bertz CT molecular complexity index is 622. The van der Waals surface area contributed by atoms with Crippen LogP contribution in [0.25, 0.3) is 0 Å². The zero-order valence-electron chi connectivity index (χ0n) is 11.7. The normalized spacial score (nSPS) is 19.1. The molecule has 1 aromatic heterocycles. The number of hydrogen-bond acceptors (Lipinski definition) is 3. The van der Waals surface area contributed by atoms with Crippen LogP contribution in [0.15, 0.2) is 36.7 Å². The molecule has 2 aromatic rings. The second-order valence-corrected chi connectivity index (χ2v) is 5.28. The van der Waals surface area contributed by atoms with Gasteiger partial charge in [-0.2, -0.15) is 0 Å². The van der Waals surface area contributed by atoms with E-state index in [9.17, 15) is 13.2 Å². The fraction of sp³-hybridized carbons (Fsp3) is 0.312. The van der Waals surface area contributed by atoms with Gasteiger partial charge in [0, 0.05) is 42.6 Å². The van der Waals surface area contributed by atoms with Crippen molar-refractivity contribution < 1.29 is 17.9 Å². The Kier molecular flexibility index (Phi) is 4.29. The van der Waals surface area contributed by atoms with E-state index in [1.165, 1.54) is 0 Å². The lowest BCUT2D eigenvalue weighted by Crippen LogP contribution is -2.22. The van der Waals surface area contributed by atoms with Crippen LogP contribution >= 0.6 is 0 Å². The summed E-state index contributed by atoms with van der Waals surface area (Å²) in [6.07, 6.45) is 3.51. The van der Waals surface area contributed by atoms with Gasteiger partial charge in [0.15, 0.2) is 17.4 Å². The molecule has 1 unspecified atom stereocenters. The average Bonchev–Trinajstić information content (AvgIpc) is 3.01. The van der Waals surface area contributed by atoms with E-state index >= 15 is 0 Å². The van der Waals surface area contributed by atoms with Crippen molar-refractivity contribution in [1.82, 2.24) is 10.3 Å². The van der Waals surface area contributed by atoms with Crippen molar-refractivity contribution in [3.63, 3.8) is 0 Å². The standard InChI is InChI=1S/C16H15F3N2O/c17-12-6-13(18)16(14(19)7-12)22-15(11-3-5-21-9-11)10-2-1-4-20-8-10/h1-2,4,6-8,11,15,21H,3,5,9H2/t11-,15?/m1/s1. The smallest absolute Gasteiger partial charge is 0.191 e. The first-order chi connectivity index (χ1) is 10.6. The Morgan fingerprint density at radius 2 is 2.00 bits per heavy atom. The Hall–Kier alpha value is -2.08. The number of nitrogens with zero attached hydrogens (tertiary/aromatic N) is 1. The lowest BCUT2D eigenvalue weighted by Gasteiger charge is -2.25. The van der Waals surface area contributed by atoms with E-state index in [1.807, 2.05) is 0 Å². The monoisotopic (exact) mass is 308 g/mol. The second kappa shape index (κ2) is 6.36. The summed E-state index contributed by atoms with van der Waals surface area (Å²) >= 11 is 0. The molecule has 22 heavy (non-hydrogen) atoms. The zero-order valence-corrected chi connectivity index (χ0v) is 11.7. The number of benzene rings is 1. The maximum atomic E-state index is 13.8. The Morgan fingerprint density at radius 3 is 2.59 bits per heavy atom. The largest absolute Gasteiger partial charge is 0.479 e. The molecule has 0 saturated carbocycles. The number of nitrogens with one attached hydrogen (secondary N) is 1. The lowest BCUT2D eigenvalue weighted by atomic mass is 9.96. The quantitative estimate of drug-likeness (QED) is 0.941. The number of ether oxygens (including phenoxy) is 1. The molecule has 1 N–H and O–H groups in total. The number of halogens is 3. The number of hydrogen-bond donors (Lipinski definition) is 1. The van der Waals surface area contributed by atoms with Crippen LogP contribution in [0, 0.1) is 23.4 Å². The minimum absolute atomic E-state index is 0.0630. The van der Waals surface area contributed by atoms with E-state index in [0.717, 1.165) is 18.5 Å². The van der Waals surface area contributed by atoms with Gasteiger partial charge in [0.05, 0.1) is 0 Å². The lowest BCUT2D eigenvalue weighted by molar-refractivity contribution is 0.131. The zero-order chi connectivity index (χ0) is 15.5. The summed E-state index contributed by atoms with van der Waals surface area (Å²) in [4.78, 5) is 4.03. The number of aromatic nitrogens is 1. The molecule has 1 aromatic carbocycles. The molecule has 116 valence electrons. The summed E-state index contributed by atoms with van der Waals surface area (Å²) < 4.78 is 46.3. The fourth-order valence-electron chi connectivity index (χ4n) is 2.68. The van der Waals surface area contributed by atoms with Crippen molar-refractivity contribution in [2.45, 2.75) is 12.5 Å². The molecule has 0 radical (unpaired) electrons. The van der Waals surface area contributed by atoms with E-state index in [2.05, 4.69) is 10.3 Å². The summed E-state index contributed by atoms with van der Waals surface area (Å²) in [6, 6.07) is 4.78. The van der Waals surface area contributed by atoms with E-state index in [-0.39, 0.29) is 5.92 Å². The van der Waals surface area contributed by atoms with E-state index in [4.69, 9.17) is 4.74 Å². The molecule has 1 aliphatic rings. The highest BCUT2D eigenvalue weighted by Gasteiger charge is 2.30. The van der Waals surface area contributed by atoms with Gasteiger partial charge in [-0.25, -0.2) is 13.2 Å². The summed E-state index contributed by atoms with van der Waals surface area (Å²) in [5, 5.41) is 3.20. The molecule has 3 rings (SSSR count). The third kappa shape index (κ3) is 3.06. The van der Waals surface area contributed by atoms with Crippen LogP contribution in [0.1, 0.15) is 18.1 Å². The van der Waals surface area contributed by atoms with Crippen molar-refractivity contribution >= 4 is 0 Å². The molecular formula is C16H15F3N2O. The van der Waals surface area contributed by atoms with Crippen LogP contribution in [-0.2, 0) is 0 Å². The summed E-state index contributed by atoms with van der Waals surface area (Å²) in [5.74, 6) is -3.55. The molecular weight excluding hydrogens is 293 g/mol. The van der Waals surface area contributed by atoms with Crippen molar-refractivity contribution in [2.24, 2.45) is 5.92 Å². The molecule has 0 bridgehead atoms. The number of rotatable bonds is 4. The van der Waals surface area contributed by atoms with Gasteiger partial charge in [-0.1, -0.05) is 6.07 Å². The summed E-state index contributed by atoms with van der Waals surface area (Å²) in [5.41, 5.74) is 0.735. The predicted molar refractivity (Wildman–Crippen MR) is 74.9 cm³/mol. The van der Waals surface area contributed by atoms with Crippen LogP contribution in [-0.4, -0.2) is 18.1 Å². The van der Waals surface area contributed by atoms with Gasteiger partial charge in [0.1, 0.15) is 11.9 Å². The molecule has 1 saturated heterocycles. The first-order valence-corrected chi connectivity index (χ1v) is 7.07. The molecule has 2 atom stereocenters. The van der Waals surface area contributed by atoms with E-state index in [1.54, 1.807) is 24.5 Å². The van der Waals surface area contributed by atoms with Crippen molar-refractivity contribution in [3.8, 4) is 5.75 Å². The van der Waals surface area contributed by atoms with Gasteiger partial charge in [0.25, 0.3) is 0 Å². The topological polar surface area (TPSA) is 34.1 Å². The van der Waals surface area contributed by atoms with Crippen LogP contribution < -0.4 is 10.1 Å². The first-order valence-electron chi connectivity index (χ1n) is 7.07. The van der Waals surface area contributed by atoms with Gasteiger partial charge < -0.3 is 10.1 Å². The summed E-state index contributed by atoms with van der Waals surface area (Å²) in [6.45, 7) is 1.50. The molecule has 0 spiro atoms. The first kappa shape index (κ1) is 14.8. The highest BCUT2D eigenvalue weighted by molar-refractivity contribution is 5.28. The fourth-order valence-corrected chi connectivity index (χ4v) is 2.68. The SMILES string of the molecule is Fc1cc(F)c(OC(c2cccnc2)[C@@H]2CCNC2)c(F)c1. The third-order valence-corrected chi connectivity index (χ3v) is 3.75. The van der Waals surface area contributed by atoms with E-state index in [0.29, 0.717) is 18.7 Å². The van der Waals surface area contributed by atoms with Gasteiger partial charge in [-0.15, -0.1) is 0 Å². The van der Waals surface area contributed by atoms with Crippen LogP contribution in [0.5, 0.6) is 5.75 Å². The van der Waals surface area contributed by atoms with Gasteiger partial charge in [-0.3, -0.25) is 4.98 Å². The van der Waals surface area contributed by atoms with Crippen LogP contribution in [0.2, 0.25) is 0 Å². The van der Waals surface area contributed by atoms with Crippen molar-refractivity contribution in [2.75, 3.05) is 13.1 Å². The maximum Gasteiger partial charge on any atom is 0.191 e. The molecule has 2 heterocycles. The van der Waals surface area contributed by atoms with Gasteiger partial charge >= 0.3 is 0 Å². The predicted octanol–water partition coefficient (Wildman–Crippen LogP) is 3.23. The molecule has 6 heteroatoms. The number of pyridine rings is 1. The molecule has 0 amide bonds. The second-order valence-electron chi connectivity index (χ2n) is 5.28. The molecule has 1 fully saturated rings. The molecule has 3 nitrogen and oxygen atoms in total. The average molecular weight is 308 g/mol. The van der Waals surface area contributed by atoms with Gasteiger partial charge in [0.2, 0.25) is 0 Å². The Morgan fingerprint density at radius 1 is 1.23 bits per heavy atom. The third-order valence-electron chi connectivity index (χ3n) is 3.75. The van der Waals surface area contributed by atoms with Crippen LogP contribution in [0.3, 0.4) is 0 Å². The van der Waals surface area contributed by atoms with Crippen LogP contribution in [0.4, 0.5) is 13.2 Å². The van der Waals surface area contributed by atoms with Crippen molar-refractivity contribution in [1.29, 1.82) is 0 Å². The maximum absolute atomic E-state index is 13.8. The Balaban J connectivity index is 1.94. The van der Waals surface area contributed by atoms with E-state index < -0.39 is 29.3 Å². The highest BCUT2D eigenvalue weighted by Crippen LogP contribution is 2.34. The minimum atomic E-state index is -1.04. The molecule has 1 aliphatic heterocycles. The molecule has 0 aliphatic carbocycles. The summed E-state index contributed by atoms with van der Waals surface area (Å²) in [7, 11) is 0. The van der Waals surface area contributed by atoms with Crippen molar-refractivity contribution in [3.05, 3.63) is 59.7 Å². The Labute approximate surface area is 126 Å². The minimum Gasteiger partial charge on any atom is -0.479 e. The van der Waals surface area contributed by atoms with Gasteiger partial charge in [-0.05, 0) is 19.0 Å². The highest BCUT2D eigenvalue weighted by atomic mass is 19.1.